The van der Waals surface area contributed by atoms with Gasteiger partial charge in [0.05, 0.1) is 5.54 Å². The second-order valence-electron chi connectivity index (χ2n) is 5.41. The Kier molecular flexibility index (Phi) is 3.27. The van der Waals surface area contributed by atoms with Crippen molar-refractivity contribution in [2.24, 2.45) is 0 Å². The van der Waals surface area contributed by atoms with Crippen molar-refractivity contribution in [2.45, 2.75) is 25.3 Å². The molecule has 1 aliphatic carbocycles. The summed E-state index contributed by atoms with van der Waals surface area (Å²) in [6.07, 6.45) is 1.96. The zero-order valence-electron chi connectivity index (χ0n) is 11.3. The molecule has 0 unspecified atom stereocenters. The van der Waals surface area contributed by atoms with Gasteiger partial charge in [0.25, 0.3) is 5.91 Å². The highest BCUT2D eigenvalue weighted by molar-refractivity contribution is 6.30. The van der Waals surface area contributed by atoms with E-state index in [1.165, 1.54) is 0 Å². The van der Waals surface area contributed by atoms with Gasteiger partial charge in [0, 0.05) is 10.6 Å². The van der Waals surface area contributed by atoms with E-state index in [0.29, 0.717) is 5.56 Å². The summed E-state index contributed by atoms with van der Waals surface area (Å²) in [4.78, 5) is 12.3. The summed E-state index contributed by atoms with van der Waals surface area (Å²) < 4.78 is 0. The lowest BCUT2D eigenvalue weighted by Crippen LogP contribution is -2.34. The third-order valence-corrected chi connectivity index (χ3v) is 4.07. The maximum atomic E-state index is 12.3. The van der Waals surface area contributed by atoms with E-state index in [4.69, 9.17) is 11.6 Å². The lowest BCUT2D eigenvalue weighted by atomic mass is 10.0. The minimum atomic E-state index is -0.202. The van der Waals surface area contributed by atoms with Crippen LogP contribution in [-0.4, -0.2) is 5.91 Å². The number of aryl methyl sites for hydroxylation is 1. The highest BCUT2D eigenvalue weighted by Crippen LogP contribution is 2.45. The Morgan fingerprint density at radius 1 is 1.05 bits per heavy atom. The number of carbonyl (C=O) groups excluding carboxylic acids is 1. The molecule has 2 aromatic rings. The Morgan fingerprint density at radius 2 is 1.65 bits per heavy atom. The smallest absolute Gasteiger partial charge is 0.251 e. The molecule has 3 heteroatoms. The number of halogens is 1. The molecule has 0 aliphatic heterocycles. The van der Waals surface area contributed by atoms with Crippen LogP contribution in [-0.2, 0) is 5.54 Å². The molecule has 0 radical (unpaired) electrons. The predicted octanol–water partition coefficient (Wildman–Crippen LogP) is 4.07. The highest BCUT2D eigenvalue weighted by atomic mass is 35.5. The van der Waals surface area contributed by atoms with Crippen LogP contribution in [0.25, 0.3) is 0 Å². The van der Waals surface area contributed by atoms with E-state index in [0.717, 1.165) is 29.0 Å². The number of benzene rings is 2. The molecule has 0 saturated heterocycles. The van der Waals surface area contributed by atoms with Crippen LogP contribution in [0, 0.1) is 6.92 Å². The number of rotatable bonds is 3. The average Bonchev–Trinajstić information content (AvgIpc) is 3.21. The molecule has 0 aromatic heterocycles. The molecular formula is C17H16ClNO. The van der Waals surface area contributed by atoms with Crippen LogP contribution in [0.3, 0.4) is 0 Å². The molecule has 1 saturated carbocycles. The summed E-state index contributed by atoms with van der Waals surface area (Å²) in [5.41, 5.74) is 2.78. The standard InChI is InChI=1S/C17H16ClNO/c1-12-2-4-13(5-3-12)16(20)19-17(10-11-17)14-6-8-15(18)9-7-14/h2-9H,10-11H2,1H3,(H,19,20). The number of nitrogens with one attached hydrogen (secondary N) is 1. The third-order valence-electron chi connectivity index (χ3n) is 3.81. The van der Waals surface area contributed by atoms with E-state index < -0.39 is 0 Å². The van der Waals surface area contributed by atoms with Gasteiger partial charge in [-0.25, -0.2) is 0 Å². The first-order valence-corrected chi connectivity index (χ1v) is 7.12. The summed E-state index contributed by atoms with van der Waals surface area (Å²) in [5.74, 6) is -0.0162. The fraction of sp³-hybridized carbons (Fsp3) is 0.235. The first-order valence-electron chi connectivity index (χ1n) is 6.74. The quantitative estimate of drug-likeness (QED) is 0.905. The van der Waals surface area contributed by atoms with Crippen LogP contribution in [0.4, 0.5) is 0 Å². The summed E-state index contributed by atoms with van der Waals surface area (Å²) in [6.45, 7) is 2.01. The summed E-state index contributed by atoms with van der Waals surface area (Å²) >= 11 is 5.91. The van der Waals surface area contributed by atoms with E-state index in [9.17, 15) is 4.79 Å². The second-order valence-corrected chi connectivity index (χ2v) is 5.85. The van der Waals surface area contributed by atoms with Crippen molar-refractivity contribution in [3.05, 3.63) is 70.2 Å². The first kappa shape index (κ1) is 13.2. The van der Waals surface area contributed by atoms with Crippen molar-refractivity contribution in [2.75, 3.05) is 0 Å². The van der Waals surface area contributed by atoms with Gasteiger partial charge in [-0.1, -0.05) is 41.4 Å². The molecule has 0 spiro atoms. The van der Waals surface area contributed by atoms with E-state index >= 15 is 0 Å². The number of amides is 1. The zero-order valence-corrected chi connectivity index (χ0v) is 12.1. The van der Waals surface area contributed by atoms with Crippen molar-refractivity contribution in [1.82, 2.24) is 5.32 Å². The van der Waals surface area contributed by atoms with Crippen LogP contribution in [0.2, 0.25) is 5.02 Å². The van der Waals surface area contributed by atoms with E-state index in [1.807, 2.05) is 55.5 Å². The predicted molar refractivity (Wildman–Crippen MR) is 81.0 cm³/mol. The van der Waals surface area contributed by atoms with Gasteiger partial charge >= 0.3 is 0 Å². The maximum absolute atomic E-state index is 12.3. The van der Waals surface area contributed by atoms with Crippen LogP contribution in [0.5, 0.6) is 0 Å². The van der Waals surface area contributed by atoms with Crippen LogP contribution in [0.15, 0.2) is 48.5 Å². The van der Waals surface area contributed by atoms with Crippen LogP contribution < -0.4 is 5.32 Å². The van der Waals surface area contributed by atoms with Gasteiger partial charge in [-0.05, 0) is 49.6 Å². The molecule has 1 N–H and O–H groups in total. The number of hydrogen-bond acceptors (Lipinski definition) is 1. The minimum absolute atomic E-state index is 0.0162. The lowest BCUT2D eigenvalue weighted by molar-refractivity contribution is 0.0931. The molecule has 102 valence electrons. The summed E-state index contributed by atoms with van der Waals surface area (Å²) in [5, 5.41) is 3.87. The van der Waals surface area contributed by atoms with Gasteiger partial charge in [0.15, 0.2) is 0 Å². The van der Waals surface area contributed by atoms with Gasteiger partial charge in [-0.15, -0.1) is 0 Å². The Labute approximate surface area is 123 Å². The Balaban J connectivity index is 1.78. The van der Waals surface area contributed by atoms with E-state index in [1.54, 1.807) is 0 Å². The van der Waals surface area contributed by atoms with Gasteiger partial charge in [0.1, 0.15) is 0 Å². The van der Waals surface area contributed by atoms with Gasteiger partial charge < -0.3 is 5.32 Å². The molecule has 1 amide bonds. The molecule has 0 atom stereocenters. The minimum Gasteiger partial charge on any atom is -0.343 e. The SMILES string of the molecule is Cc1ccc(C(=O)NC2(c3ccc(Cl)cc3)CC2)cc1. The fourth-order valence-corrected chi connectivity index (χ4v) is 2.50. The molecule has 2 aromatic carbocycles. The van der Waals surface area contributed by atoms with Crippen molar-refractivity contribution >= 4 is 17.5 Å². The van der Waals surface area contributed by atoms with Crippen molar-refractivity contribution < 1.29 is 4.79 Å². The zero-order chi connectivity index (χ0) is 14.2. The Morgan fingerprint density at radius 3 is 2.20 bits per heavy atom. The van der Waals surface area contributed by atoms with Crippen LogP contribution in [0.1, 0.15) is 34.3 Å². The van der Waals surface area contributed by atoms with Crippen LogP contribution >= 0.6 is 11.6 Å². The molecule has 3 rings (SSSR count). The third kappa shape index (κ3) is 2.56. The topological polar surface area (TPSA) is 29.1 Å². The molecular weight excluding hydrogens is 270 g/mol. The largest absolute Gasteiger partial charge is 0.343 e. The van der Waals surface area contributed by atoms with E-state index in [2.05, 4.69) is 5.32 Å². The fourth-order valence-electron chi connectivity index (χ4n) is 2.37. The molecule has 2 nitrogen and oxygen atoms in total. The van der Waals surface area contributed by atoms with Crippen molar-refractivity contribution in [3.8, 4) is 0 Å². The first-order chi connectivity index (χ1) is 9.59. The second kappa shape index (κ2) is 4.95. The molecule has 20 heavy (non-hydrogen) atoms. The number of carbonyl (C=O) groups is 1. The molecule has 1 aliphatic rings. The van der Waals surface area contributed by atoms with Crippen molar-refractivity contribution in [1.29, 1.82) is 0 Å². The average molecular weight is 286 g/mol. The summed E-state index contributed by atoms with van der Waals surface area (Å²) in [6, 6.07) is 15.4. The maximum Gasteiger partial charge on any atom is 0.251 e. The number of hydrogen-bond donors (Lipinski definition) is 1. The molecule has 0 heterocycles. The molecule has 0 bridgehead atoms. The Hall–Kier alpha value is -1.80. The van der Waals surface area contributed by atoms with Gasteiger partial charge in [0.2, 0.25) is 0 Å². The lowest BCUT2D eigenvalue weighted by Gasteiger charge is -2.18. The Bertz CT molecular complexity index is 627. The van der Waals surface area contributed by atoms with E-state index in [-0.39, 0.29) is 11.4 Å². The van der Waals surface area contributed by atoms with Gasteiger partial charge in [-0.2, -0.15) is 0 Å². The normalized spacial score (nSPS) is 15.7. The monoisotopic (exact) mass is 285 g/mol. The molecule has 1 fully saturated rings. The highest BCUT2D eigenvalue weighted by Gasteiger charge is 2.45. The summed E-state index contributed by atoms with van der Waals surface area (Å²) in [7, 11) is 0. The van der Waals surface area contributed by atoms with Crippen molar-refractivity contribution in [3.63, 3.8) is 0 Å². The van der Waals surface area contributed by atoms with Gasteiger partial charge in [-0.3, -0.25) is 4.79 Å².